The first-order chi connectivity index (χ1) is 12.3. The van der Waals surface area contributed by atoms with E-state index in [9.17, 15) is 0 Å². The van der Waals surface area contributed by atoms with Gasteiger partial charge in [-0.15, -0.1) is 0 Å². The molecule has 0 unspecified atom stereocenters. The van der Waals surface area contributed by atoms with Gasteiger partial charge in [0, 0.05) is 25.0 Å². The molecule has 0 aliphatic carbocycles. The van der Waals surface area contributed by atoms with Crippen molar-refractivity contribution in [2.24, 2.45) is 0 Å². The van der Waals surface area contributed by atoms with Gasteiger partial charge in [-0.2, -0.15) is 15.0 Å². The minimum absolute atomic E-state index is 0.425. The predicted octanol–water partition coefficient (Wildman–Crippen LogP) is 3.00. The third kappa shape index (κ3) is 4.37. The predicted molar refractivity (Wildman–Crippen MR) is 98.4 cm³/mol. The molecular weight excluding hydrogens is 316 g/mol. The van der Waals surface area contributed by atoms with Crippen molar-refractivity contribution in [2.45, 2.75) is 13.8 Å². The molecule has 0 fully saturated rings. The summed E-state index contributed by atoms with van der Waals surface area (Å²) in [6, 6.07) is 11.5. The SMILES string of the molecule is CCN(CC)c1nc(Nc2ccccc2)nc(Nc2ccncn2)n1. The molecule has 0 atom stereocenters. The highest BCUT2D eigenvalue weighted by Crippen LogP contribution is 2.19. The van der Waals surface area contributed by atoms with Crippen LogP contribution in [0.2, 0.25) is 0 Å². The molecule has 8 heteroatoms. The second-order valence-electron chi connectivity index (χ2n) is 5.17. The van der Waals surface area contributed by atoms with Crippen LogP contribution in [0.5, 0.6) is 0 Å². The Kier molecular flexibility index (Phi) is 5.30. The van der Waals surface area contributed by atoms with E-state index in [-0.39, 0.29) is 0 Å². The van der Waals surface area contributed by atoms with Gasteiger partial charge in [-0.25, -0.2) is 9.97 Å². The molecule has 128 valence electrons. The Morgan fingerprint density at radius 2 is 1.60 bits per heavy atom. The van der Waals surface area contributed by atoms with Crippen LogP contribution in [0.15, 0.2) is 48.9 Å². The van der Waals surface area contributed by atoms with Crippen LogP contribution in [0.25, 0.3) is 0 Å². The van der Waals surface area contributed by atoms with Gasteiger partial charge in [0.2, 0.25) is 17.8 Å². The lowest BCUT2D eigenvalue weighted by Crippen LogP contribution is -2.25. The van der Waals surface area contributed by atoms with Crippen LogP contribution in [-0.2, 0) is 0 Å². The Morgan fingerprint density at radius 3 is 2.24 bits per heavy atom. The van der Waals surface area contributed by atoms with Crippen molar-refractivity contribution >= 4 is 29.4 Å². The second-order valence-corrected chi connectivity index (χ2v) is 5.17. The lowest BCUT2D eigenvalue weighted by molar-refractivity contribution is 0.815. The first-order valence-electron chi connectivity index (χ1n) is 8.14. The van der Waals surface area contributed by atoms with E-state index in [2.05, 4.69) is 54.3 Å². The first-order valence-corrected chi connectivity index (χ1v) is 8.14. The highest BCUT2D eigenvalue weighted by atomic mass is 15.3. The van der Waals surface area contributed by atoms with Gasteiger partial charge in [0.05, 0.1) is 0 Å². The number of anilines is 5. The zero-order valence-corrected chi connectivity index (χ0v) is 14.2. The van der Waals surface area contributed by atoms with Crippen LogP contribution in [0.1, 0.15) is 13.8 Å². The molecule has 0 radical (unpaired) electrons. The zero-order chi connectivity index (χ0) is 17.5. The second kappa shape index (κ2) is 8.00. The van der Waals surface area contributed by atoms with Gasteiger partial charge < -0.3 is 15.5 Å². The van der Waals surface area contributed by atoms with Crippen molar-refractivity contribution in [1.29, 1.82) is 0 Å². The van der Waals surface area contributed by atoms with Gasteiger partial charge in [-0.05, 0) is 32.0 Å². The number of nitrogens with one attached hydrogen (secondary N) is 2. The van der Waals surface area contributed by atoms with Gasteiger partial charge in [0.15, 0.2) is 0 Å². The molecule has 0 aliphatic rings. The number of benzene rings is 1. The summed E-state index contributed by atoms with van der Waals surface area (Å²) in [7, 11) is 0. The maximum Gasteiger partial charge on any atom is 0.235 e. The molecule has 0 bridgehead atoms. The normalized spacial score (nSPS) is 10.3. The largest absolute Gasteiger partial charge is 0.341 e. The van der Waals surface area contributed by atoms with E-state index in [0.29, 0.717) is 23.7 Å². The molecule has 2 heterocycles. The minimum Gasteiger partial charge on any atom is -0.341 e. The van der Waals surface area contributed by atoms with Crippen molar-refractivity contribution < 1.29 is 0 Å². The zero-order valence-electron chi connectivity index (χ0n) is 14.2. The molecule has 25 heavy (non-hydrogen) atoms. The monoisotopic (exact) mass is 336 g/mol. The number of para-hydroxylation sites is 1. The van der Waals surface area contributed by atoms with Gasteiger partial charge in [0.25, 0.3) is 0 Å². The van der Waals surface area contributed by atoms with Crippen LogP contribution in [0, 0.1) is 0 Å². The van der Waals surface area contributed by atoms with E-state index >= 15 is 0 Å². The van der Waals surface area contributed by atoms with Crippen molar-refractivity contribution in [3.63, 3.8) is 0 Å². The topological polar surface area (TPSA) is 91.8 Å². The van der Waals surface area contributed by atoms with E-state index in [1.807, 2.05) is 30.3 Å². The van der Waals surface area contributed by atoms with E-state index in [0.717, 1.165) is 18.8 Å². The quantitative estimate of drug-likeness (QED) is 0.680. The number of aromatic nitrogens is 5. The molecule has 1 aromatic carbocycles. The number of hydrogen-bond acceptors (Lipinski definition) is 8. The Morgan fingerprint density at radius 1 is 0.880 bits per heavy atom. The van der Waals surface area contributed by atoms with Crippen molar-refractivity contribution in [3.8, 4) is 0 Å². The van der Waals surface area contributed by atoms with Crippen LogP contribution < -0.4 is 15.5 Å². The summed E-state index contributed by atoms with van der Waals surface area (Å²) in [5.41, 5.74) is 0.909. The van der Waals surface area contributed by atoms with E-state index in [1.54, 1.807) is 12.3 Å². The maximum atomic E-state index is 4.53. The summed E-state index contributed by atoms with van der Waals surface area (Å²) in [4.78, 5) is 23.6. The Labute approximate surface area is 146 Å². The summed E-state index contributed by atoms with van der Waals surface area (Å²) in [5, 5.41) is 6.31. The fraction of sp³-hybridized carbons (Fsp3) is 0.235. The highest BCUT2D eigenvalue weighted by molar-refractivity contribution is 5.57. The highest BCUT2D eigenvalue weighted by Gasteiger charge is 2.12. The summed E-state index contributed by atoms with van der Waals surface area (Å²) in [6.07, 6.45) is 3.13. The average Bonchev–Trinajstić information content (AvgIpc) is 2.64. The molecule has 3 aromatic rings. The first kappa shape index (κ1) is 16.6. The van der Waals surface area contributed by atoms with Gasteiger partial charge in [-0.3, -0.25) is 0 Å². The van der Waals surface area contributed by atoms with Gasteiger partial charge in [-0.1, -0.05) is 18.2 Å². The molecule has 0 saturated heterocycles. The number of nitrogens with zero attached hydrogens (tertiary/aromatic N) is 6. The van der Waals surface area contributed by atoms with E-state index < -0.39 is 0 Å². The molecular formula is C17H20N8. The summed E-state index contributed by atoms with van der Waals surface area (Å²) in [5.74, 6) is 2.13. The lowest BCUT2D eigenvalue weighted by Gasteiger charge is -2.19. The third-order valence-electron chi connectivity index (χ3n) is 3.52. The van der Waals surface area contributed by atoms with Crippen molar-refractivity contribution in [2.75, 3.05) is 28.6 Å². The molecule has 3 rings (SSSR count). The molecule has 0 spiro atoms. The molecule has 8 nitrogen and oxygen atoms in total. The molecule has 0 saturated carbocycles. The smallest absolute Gasteiger partial charge is 0.235 e. The standard InChI is InChI=1S/C17H20N8/c1-3-25(4-2)17-23-15(20-13-8-6-5-7-9-13)22-16(24-17)21-14-10-11-18-12-19-14/h5-12H,3-4H2,1-2H3,(H2,18,19,20,21,22,23,24). The van der Waals surface area contributed by atoms with Gasteiger partial charge >= 0.3 is 0 Å². The van der Waals surface area contributed by atoms with Crippen molar-refractivity contribution in [1.82, 2.24) is 24.9 Å². The summed E-state index contributed by atoms with van der Waals surface area (Å²) < 4.78 is 0. The van der Waals surface area contributed by atoms with E-state index in [1.165, 1.54) is 6.33 Å². The van der Waals surface area contributed by atoms with Gasteiger partial charge in [0.1, 0.15) is 12.1 Å². The molecule has 2 aromatic heterocycles. The van der Waals surface area contributed by atoms with E-state index in [4.69, 9.17) is 0 Å². The molecule has 0 amide bonds. The van der Waals surface area contributed by atoms with Crippen molar-refractivity contribution in [3.05, 3.63) is 48.9 Å². The molecule has 0 aliphatic heterocycles. The minimum atomic E-state index is 0.425. The Balaban J connectivity index is 1.93. The summed E-state index contributed by atoms with van der Waals surface area (Å²) in [6.45, 7) is 5.74. The fourth-order valence-electron chi connectivity index (χ4n) is 2.25. The van der Waals surface area contributed by atoms with Crippen LogP contribution in [0.4, 0.5) is 29.4 Å². The lowest BCUT2D eigenvalue weighted by atomic mass is 10.3. The molecule has 2 N–H and O–H groups in total. The number of rotatable bonds is 7. The van der Waals surface area contributed by atoms with Crippen LogP contribution in [0.3, 0.4) is 0 Å². The third-order valence-corrected chi connectivity index (χ3v) is 3.52. The maximum absolute atomic E-state index is 4.53. The Bertz CT molecular complexity index is 731. The van der Waals surface area contributed by atoms with Crippen LogP contribution in [-0.4, -0.2) is 38.0 Å². The van der Waals surface area contributed by atoms with Crippen LogP contribution >= 0.6 is 0 Å². The Hall–Kier alpha value is -3.29. The summed E-state index contributed by atoms with van der Waals surface area (Å²) >= 11 is 0. The average molecular weight is 336 g/mol. The fourth-order valence-corrected chi connectivity index (χ4v) is 2.25. The number of hydrogen-bond donors (Lipinski definition) is 2.